The Kier molecular flexibility index (Phi) is 17.0. The van der Waals surface area contributed by atoms with Gasteiger partial charge in [0.1, 0.15) is 0 Å². The van der Waals surface area contributed by atoms with Crippen molar-refractivity contribution in [3.63, 3.8) is 0 Å². The molecule has 0 spiro atoms. The number of rotatable bonds is 18. The topological polar surface area (TPSA) is 44.5 Å². The zero-order chi connectivity index (χ0) is 17.2. The highest BCUT2D eigenvalue weighted by Crippen LogP contribution is 2.23. The molecule has 23 heavy (non-hydrogen) atoms. The molecule has 0 bridgehead atoms. The minimum Gasteiger partial charge on any atom is -0.394 e. The average Bonchev–Trinajstić information content (AvgIpc) is 2.56. The van der Waals surface area contributed by atoms with E-state index in [9.17, 15) is 0 Å². The minimum atomic E-state index is -1.88. The molecule has 0 aromatic heterocycles. The number of hydrogen-bond acceptors (Lipinski definition) is 3. The molecule has 0 aliphatic rings. The summed E-state index contributed by atoms with van der Waals surface area (Å²) >= 11 is 0. The van der Waals surface area contributed by atoms with Gasteiger partial charge in [0, 0.05) is 13.2 Å². The molecule has 0 aromatic carbocycles. The summed E-state index contributed by atoms with van der Waals surface area (Å²) in [6, 6.07) is 2.26. The average molecular weight is 346 g/mol. The molecule has 0 fully saturated rings. The van der Waals surface area contributed by atoms with Gasteiger partial charge in [-0.05, 0) is 38.9 Å². The van der Waals surface area contributed by atoms with Gasteiger partial charge in [0.2, 0.25) is 0 Å². The summed E-state index contributed by atoms with van der Waals surface area (Å²) in [4.78, 5) is 0. The fraction of sp³-hybridized carbons (Fsp3) is 1.00. The molecule has 0 aliphatic heterocycles. The van der Waals surface area contributed by atoms with E-state index in [1.54, 1.807) is 0 Å². The second-order valence-corrected chi connectivity index (χ2v) is 10.2. The zero-order valence-corrected chi connectivity index (χ0v) is 17.2. The van der Waals surface area contributed by atoms with E-state index in [4.69, 9.17) is 14.6 Å². The molecular formula is C19H43NO2Si. The van der Waals surface area contributed by atoms with Gasteiger partial charge in [-0.1, -0.05) is 71.1 Å². The standard InChI is InChI=1S/C19H43NO2Si/c1-4-21-23(6-3,22-5-2)19-17-15-13-11-9-7-8-10-12-14-16-18-20/h4-20H2,1-3H3. The van der Waals surface area contributed by atoms with Gasteiger partial charge in [0.05, 0.1) is 0 Å². The Morgan fingerprint density at radius 3 is 1.35 bits per heavy atom. The normalized spacial score (nSPS) is 12.0. The molecule has 0 radical (unpaired) electrons. The second-order valence-electron chi connectivity index (χ2n) is 6.56. The van der Waals surface area contributed by atoms with Crippen molar-refractivity contribution in [1.82, 2.24) is 0 Å². The van der Waals surface area contributed by atoms with Crippen LogP contribution in [0.25, 0.3) is 0 Å². The Bertz CT molecular complexity index is 233. The van der Waals surface area contributed by atoms with Crippen molar-refractivity contribution in [3.8, 4) is 0 Å². The zero-order valence-electron chi connectivity index (χ0n) is 16.2. The molecule has 2 N–H and O–H groups in total. The SMILES string of the molecule is CCO[Si](CC)(CCCCCCCCCCCCCN)OCC. The molecule has 0 aromatic rings. The van der Waals surface area contributed by atoms with Gasteiger partial charge >= 0.3 is 8.56 Å². The Hall–Kier alpha value is 0.0969. The van der Waals surface area contributed by atoms with Gasteiger partial charge in [0.15, 0.2) is 0 Å². The van der Waals surface area contributed by atoms with Crippen LogP contribution in [0.3, 0.4) is 0 Å². The highest BCUT2D eigenvalue weighted by Gasteiger charge is 2.33. The van der Waals surface area contributed by atoms with Crippen LogP contribution < -0.4 is 5.73 Å². The van der Waals surface area contributed by atoms with Gasteiger partial charge in [0.25, 0.3) is 0 Å². The number of nitrogens with two attached hydrogens (primary N) is 1. The molecule has 0 heterocycles. The smallest absolute Gasteiger partial charge is 0.337 e. The molecule has 0 rings (SSSR count). The number of hydrogen-bond donors (Lipinski definition) is 1. The first-order valence-electron chi connectivity index (χ1n) is 10.2. The Labute approximate surface area is 147 Å². The van der Waals surface area contributed by atoms with Crippen molar-refractivity contribution in [1.29, 1.82) is 0 Å². The van der Waals surface area contributed by atoms with Crippen molar-refractivity contribution in [3.05, 3.63) is 0 Å². The second kappa shape index (κ2) is 16.9. The molecule has 0 saturated carbocycles. The monoisotopic (exact) mass is 345 g/mol. The van der Waals surface area contributed by atoms with Crippen molar-refractivity contribution >= 4 is 8.56 Å². The fourth-order valence-electron chi connectivity index (χ4n) is 3.22. The fourth-order valence-corrected chi connectivity index (χ4v) is 6.20. The molecule has 4 heteroatoms. The van der Waals surface area contributed by atoms with Crippen LogP contribution >= 0.6 is 0 Å². The lowest BCUT2D eigenvalue weighted by Crippen LogP contribution is -2.41. The van der Waals surface area contributed by atoms with Crippen LogP contribution in [0.4, 0.5) is 0 Å². The van der Waals surface area contributed by atoms with Crippen LogP contribution in [-0.2, 0) is 8.85 Å². The maximum atomic E-state index is 6.03. The van der Waals surface area contributed by atoms with Crippen LogP contribution in [0.5, 0.6) is 0 Å². The predicted molar refractivity (Wildman–Crippen MR) is 104 cm³/mol. The van der Waals surface area contributed by atoms with E-state index in [1.165, 1.54) is 76.7 Å². The maximum Gasteiger partial charge on any atom is 0.337 e. The molecule has 0 saturated heterocycles. The Morgan fingerprint density at radius 1 is 0.609 bits per heavy atom. The molecule has 0 atom stereocenters. The van der Waals surface area contributed by atoms with Crippen molar-refractivity contribution < 1.29 is 8.85 Å². The van der Waals surface area contributed by atoms with Crippen LogP contribution in [0.15, 0.2) is 0 Å². The van der Waals surface area contributed by atoms with Gasteiger partial charge < -0.3 is 14.6 Å². The van der Waals surface area contributed by atoms with E-state index < -0.39 is 8.56 Å². The highest BCUT2D eigenvalue weighted by atomic mass is 28.4. The molecule has 0 aliphatic carbocycles. The molecule has 0 amide bonds. The summed E-state index contributed by atoms with van der Waals surface area (Å²) in [5, 5.41) is 0. The van der Waals surface area contributed by atoms with Crippen LogP contribution in [-0.4, -0.2) is 28.3 Å². The minimum absolute atomic E-state index is 0.797. The van der Waals surface area contributed by atoms with E-state index in [1.807, 2.05) is 0 Å². The quantitative estimate of drug-likeness (QED) is 0.253. The van der Waals surface area contributed by atoms with Crippen LogP contribution in [0.2, 0.25) is 12.1 Å². The molecular weight excluding hydrogens is 302 g/mol. The van der Waals surface area contributed by atoms with Crippen molar-refractivity contribution in [2.45, 2.75) is 103 Å². The van der Waals surface area contributed by atoms with E-state index in [0.717, 1.165) is 25.8 Å². The van der Waals surface area contributed by atoms with Crippen LogP contribution in [0.1, 0.15) is 91.4 Å². The molecule has 140 valence electrons. The summed E-state index contributed by atoms with van der Waals surface area (Å²) in [7, 11) is -1.88. The van der Waals surface area contributed by atoms with Gasteiger partial charge in [-0.15, -0.1) is 0 Å². The summed E-state index contributed by atoms with van der Waals surface area (Å²) in [5.74, 6) is 0. The third-order valence-corrected chi connectivity index (χ3v) is 8.44. The summed E-state index contributed by atoms with van der Waals surface area (Å²) in [5.41, 5.74) is 5.50. The third kappa shape index (κ3) is 13.1. The Balaban J connectivity index is 3.49. The van der Waals surface area contributed by atoms with Crippen molar-refractivity contribution in [2.24, 2.45) is 5.73 Å². The van der Waals surface area contributed by atoms with Gasteiger partial charge in [-0.25, -0.2) is 0 Å². The maximum absolute atomic E-state index is 6.03. The first kappa shape index (κ1) is 23.1. The first-order chi connectivity index (χ1) is 11.2. The Morgan fingerprint density at radius 2 is 1.00 bits per heavy atom. The van der Waals surface area contributed by atoms with Crippen molar-refractivity contribution in [2.75, 3.05) is 19.8 Å². The van der Waals surface area contributed by atoms with E-state index in [-0.39, 0.29) is 0 Å². The van der Waals surface area contributed by atoms with E-state index in [0.29, 0.717) is 0 Å². The molecule has 3 nitrogen and oxygen atoms in total. The number of unbranched alkanes of at least 4 members (excludes halogenated alkanes) is 10. The summed E-state index contributed by atoms with van der Waals surface area (Å²) < 4.78 is 12.1. The highest BCUT2D eigenvalue weighted by molar-refractivity contribution is 6.67. The lowest BCUT2D eigenvalue weighted by Gasteiger charge is -2.28. The van der Waals surface area contributed by atoms with Crippen LogP contribution in [0, 0.1) is 0 Å². The summed E-state index contributed by atoms with van der Waals surface area (Å²) in [6.07, 6.45) is 14.9. The van der Waals surface area contributed by atoms with E-state index >= 15 is 0 Å². The lowest BCUT2D eigenvalue weighted by molar-refractivity contribution is 0.182. The van der Waals surface area contributed by atoms with Gasteiger partial charge in [-0.2, -0.15) is 0 Å². The van der Waals surface area contributed by atoms with E-state index in [2.05, 4.69) is 20.8 Å². The molecule has 0 unspecified atom stereocenters. The van der Waals surface area contributed by atoms with Gasteiger partial charge in [-0.3, -0.25) is 0 Å². The largest absolute Gasteiger partial charge is 0.394 e. The third-order valence-electron chi connectivity index (χ3n) is 4.62. The first-order valence-corrected chi connectivity index (χ1v) is 12.5. The predicted octanol–water partition coefficient (Wildman–Crippen LogP) is 5.77. The summed E-state index contributed by atoms with van der Waals surface area (Å²) in [6.45, 7) is 8.86. The lowest BCUT2D eigenvalue weighted by atomic mass is 10.1.